The first kappa shape index (κ1) is 14.4. The fraction of sp³-hybridized carbons (Fsp3) is 0.538. The van der Waals surface area contributed by atoms with E-state index in [2.05, 4.69) is 34.6 Å². The first-order chi connectivity index (χ1) is 8.81. The summed E-state index contributed by atoms with van der Waals surface area (Å²) in [5.74, 6) is 0.896. The standard InChI is InChI=1S/C9H12N4.C4H11N/c1-2-5-10-8-3-4-9-11-6-7-13(9)12-8;1-3-4-5-2/h3-4,6-7H,2,5H2,1H3,(H,10,12);5H,3-4H2,1-2H3. The second kappa shape index (κ2) is 8.47. The van der Waals surface area contributed by atoms with Gasteiger partial charge >= 0.3 is 0 Å². The van der Waals surface area contributed by atoms with E-state index in [1.165, 1.54) is 6.42 Å². The summed E-state index contributed by atoms with van der Waals surface area (Å²) in [4.78, 5) is 4.11. The Morgan fingerprint density at radius 3 is 2.56 bits per heavy atom. The molecule has 2 N–H and O–H groups in total. The average molecular weight is 249 g/mol. The Kier molecular flexibility index (Phi) is 6.79. The molecular formula is C13H23N5. The van der Waals surface area contributed by atoms with Crippen LogP contribution in [0.2, 0.25) is 0 Å². The number of aromatic nitrogens is 3. The van der Waals surface area contributed by atoms with Gasteiger partial charge in [-0.1, -0.05) is 13.8 Å². The molecule has 0 saturated carbocycles. The molecule has 0 aliphatic rings. The molecule has 18 heavy (non-hydrogen) atoms. The van der Waals surface area contributed by atoms with Crippen molar-refractivity contribution in [1.29, 1.82) is 0 Å². The van der Waals surface area contributed by atoms with E-state index in [-0.39, 0.29) is 0 Å². The first-order valence-corrected chi connectivity index (χ1v) is 6.50. The summed E-state index contributed by atoms with van der Waals surface area (Å²) in [7, 11) is 1.96. The van der Waals surface area contributed by atoms with Crippen LogP contribution in [0.4, 0.5) is 5.82 Å². The van der Waals surface area contributed by atoms with Crippen LogP contribution in [0.15, 0.2) is 24.5 Å². The summed E-state index contributed by atoms with van der Waals surface area (Å²) in [5, 5.41) is 10.5. The molecule has 0 saturated heterocycles. The van der Waals surface area contributed by atoms with Gasteiger partial charge in [-0.25, -0.2) is 9.50 Å². The van der Waals surface area contributed by atoms with Gasteiger partial charge in [0.2, 0.25) is 0 Å². The molecule has 2 heterocycles. The summed E-state index contributed by atoms with van der Waals surface area (Å²) < 4.78 is 1.76. The van der Waals surface area contributed by atoms with Gasteiger partial charge < -0.3 is 10.6 Å². The quantitative estimate of drug-likeness (QED) is 0.852. The summed E-state index contributed by atoms with van der Waals surface area (Å²) in [6.07, 6.45) is 5.92. The summed E-state index contributed by atoms with van der Waals surface area (Å²) in [6, 6.07) is 3.89. The average Bonchev–Trinajstić information content (AvgIpc) is 2.85. The van der Waals surface area contributed by atoms with E-state index in [9.17, 15) is 0 Å². The molecule has 0 aromatic carbocycles. The first-order valence-electron chi connectivity index (χ1n) is 6.50. The molecular weight excluding hydrogens is 226 g/mol. The number of hydrogen-bond acceptors (Lipinski definition) is 4. The highest BCUT2D eigenvalue weighted by Crippen LogP contribution is 2.04. The summed E-state index contributed by atoms with van der Waals surface area (Å²) in [5.41, 5.74) is 0.877. The van der Waals surface area contributed by atoms with Gasteiger partial charge in [0, 0.05) is 18.9 Å². The van der Waals surface area contributed by atoms with Gasteiger partial charge in [0.15, 0.2) is 5.65 Å². The minimum absolute atomic E-state index is 0.877. The van der Waals surface area contributed by atoms with E-state index in [0.717, 1.165) is 31.0 Å². The lowest BCUT2D eigenvalue weighted by molar-refractivity contribution is 0.772. The molecule has 100 valence electrons. The Hall–Kier alpha value is -1.62. The molecule has 2 rings (SSSR count). The van der Waals surface area contributed by atoms with E-state index in [1.54, 1.807) is 10.7 Å². The van der Waals surface area contributed by atoms with Crippen molar-refractivity contribution in [3.63, 3.8) is 0 Å². The van der Waals surface area contributed by atoms with E-state index < -0.39 is 0 Å². The minimum Gasteiger partial charge on any atom is -0.369 e. The molecule has 0 aliphatic carbocycles. The third-order valence-electron chi connectivity index (χ3n) is 2.31. The molecule has 5 heteroatoms. The molecule has 0 amide bonds. The van der Waals surface area contributed by atoms with Crippen molar-refractivity contribution in [2.45, 2.75) is 26.7 Å². The van der Waals surface area contributed by atoms with Gasteiger partial charge in [-0.2, -0.15) is 0 Å². The lowest BCUT2D eigenvalue weighted by atomic mass is 10.4. The Morgan fingerprint density at radius 1 is 1.17 bits per heavy atom. The van der Waals surface area contributed by atoms with E-state index in [1.807, 2.05) is 25.4 Å². The zero-order valence-corrected chi connectivity index (χ0v) is 11.5. The van der Waals surface area contributed by atoms with Crippen LogP contribution < -0.4 is 10.6 Å². The fourth-order valence-electron chi connectivity index (χ4n) is 1.41. The zero-order valence-electron chi connectivity index (χ0n) is 11.5. The van der Waals surface area contributed by atoms with Crippen molar-refractivity contribution in [1.82, 2.24) is 19.9 Å². The fourth-order valence-corrected chi connectivity index (χ4v) is 1.41. The molecule has 2 aromatic rings. The summed E-state index contributed by atoms with van der Waals surface area (Å²) >= 11 is 0. The maximum absolute atomic E-state index is 4.32. The van der Waals surface area contributed by atoms with Crippen molar-refractivity contribution >= 4 is 11.5 Å². The van der Waals surface area contributed by atoms with Crippen molar-refractivity contribution < 1.29 is 0 Å². The van der Waals surface area contributed by atoms with Crippen LogP contribution in [-0.4, -0.2) is 34.7 Å². The predicted molar refractivity (Wildman–Crippen MR) is 76.0 cm³/mol. The monoisotopic (exact) mass is 249 g/mol. The number of rotatable bonds is 5. The minimum atomic E-state index is 0.877. The van der Waals surface area contributed by atoms with Crippen molar-refractivity contribution in [2.75, 3.05) is 25.5 Å². The topological polar surface area (TPSA) is 54.2 Å². The molecule has 0 spiro atoms. The van der Waals surface area contributed by atoms with Crippen LogP contribution in [0.25, 0.3) is 5.65 Å². The van der Waals surface area contributed by atoms with Crippen molar-refractivity contribution in [3.05, 3.63) is 24.5 Å². The summed E-state index contributed by atoms with van der Waals surface area (Å²) in [6.45, 7) is 6.37. The van der Waals surface area contributed by atoms with Gasteiger partial charge in [0.25, 0.3) is 0 Å². The number of anilines is 1. The number of nitrogens with one attached hydrogen (secondary N) is 2. The molecule has 0 bridgehead atoms. The van der Waals surface area contributed by atoms with Gasteiger partial charge in [-0.3, -0.25) is 0 Å². The molecule has 0 radical (unpaired) electrons. The number of imidazole rings is 1. The Balaban J connectivity index is 0.000000280. The van der Waals surface area contributed by atoms with Crippen LogP contribution in [-0.2, 0) is 0 Å². The number of fused-ring (bicyclic) bond motifs is 1. The third-order valence-corrected chi connectivity index (χ3v) is 2.31. The smallest absolute Gasteiger partial charge is 0.153 e. The lowest BCUT2D eigenvalue weighted by Gasteiger charge is -2.02. The highest BCUT2D eigenvalue weighted by atomic mass is 15.3. The van der Waals surface area contributed by atoms with Crippen LogP contribution in [0.3, 0.4) is 0 Å². The zero-order chi connectivity index (χ0) is 13.2. The second-order valence-electron chi connectivity index (χ2n) is 3.98. The number of nitrogens with zero attached hydrogens (tertiary/aromatic N) is 3. The van der Waals surface area contributed by atoms with Crippen LogP contribution in [0.5, 0.6) is 0 Å². The van der Waals surface area contributed by atoms with Crippen LogP contribution in [0.1, 0.15) is 26.7 Å². The molecule has 0 unspecified atom stereocenters. The second-order valence-corrected chi connectivity index (χ2v) is 3.98. The third kappa shape index (κ3) is 4.71. The molecule has 0 aliphatic heterocycles. The largest absolute Gasteiger partial charge is 0.369 e. The predicted octanol–water partition coefficient (Wildman–Crippen LogP) is 2.17. The van der Waals surface area contributed by atoms with Gasteiger partial charge in [-0.05, 0) is 38.6 Å². The van der Waals surface area contributed by atoms with Gasteiger partial charge in [-0.15, -0.1) is 5.10 Å². The lowest BCUT2D eigenvalue weighted by Crippen LogP contribution is -2.04. The normalized spacial score (nSPS) is 9.94. The molecule has 0 atom stereocenters. The Bertz CT molecular complexity index is 436. The van der Waals surface area contributed by atoms with Crippen molar-refractivity contribution in [2.24, 2.45) is 0 Å². The number of hydrogen-bond donors (Lipinski definition) is 2. The molecule has 0 fully saturated rings. The van der Waals surface area contributed by atoms with E-state index >= 15 is 0 Å². The van der Waals surface area contributed by atoms with E-state index in [4.69, 9.17) is 0 Å². The van der Waals surface area contributed by atoms with Gasteiger partial charge in [0.05, 0.1) is 0 Å². The Morgan fingerprint density at radius 2 is 1.94 bits per heavy atom. The van der Waals surface area contributed by atoms with E-state index in [0.29, 0.717) is 0 Å². The van der Waals surface area contributed by atoms with Gasteiger partial charge in [0.1, 0.15) is 5.82 Å². The SMILES string of the molecule is CCCNC.CCCNc1ccc2nccn2n1. The molecule has 5 nitrogen and oxygen atoms in total. The van der Waals surface area contributed by atoms with Crippen LogP contribution in [0, 0.1) is 0 Å². The molecule has 2 aromatic heterocycles. The van der Waals surface area contributed by atoms with Crippen LogP contribution >= 0.6 is 0 Å². The Labute approximate surface area is 109 Å². The highest BCUT2D eigenvalue weighted by Gasteiger charge is 1.96. The maximum atomic E-state index is 4.32. The van der Waals surface area contributed by atoms with Crippen molar-refractivity contribution in [3.8, 4) is 0 Å². The maximum Gasteiger partial charge on any atom is 0.153 e. The highest BCUT2D eigenvalue weighted by molar-refractivity contribution is 5.43.